The molecule has 1 aromatic heterocycles. The maximum Gasteiger partial charge on any atom is 0.243 e. The Morgan fingerprint density at radius 1 is 1.19 bits per heavy atom. The van der Waals surface area contributed by atoms with E-state index >= 15 is 0 Å². The van der Waals surface area contributed by atoms with E-state index in [0.717, 1.165) is 17.7 Å². The molecule has 0 amide bonds. The Labute approximate surface area is 124 Å². The largest absolute Gasteiger partial charge is 0.323 e. The average Bonchev–Trinajstić information content (AvgIpc) is 2.53. The van der Waals surface area contributed by atoms with E-state index in [0.29, 0.717) is 5.69 Å². The number of hydrazine groups is 1. The number of para-hydroxylation sites is 1. The first-order valence-electron chi connectivity index (χ1n) is 6.56. The molecule has 0 spiro atoms. The van der Waals surface area contributed by atoms with Gasteiger partial charge >= 0.3 is 0 Å². The molecule has 0 bridgehead atoms. The third-order valence-corrected chi connectivity index (χ3v) is 4.59. The molecule has 0 fully saturated rings. The first kappa shape index (κ1) is 15.4. The van der Waals surface area contributed by atoms with Gasteiger partial charge in [0.15, 0.2) is 0 Å². The Kier molecular flexibility index (Phi) is 4.89. The zero-order chi connectivity index (χ0) is 15.3. The van der Waals surface area contributed by atoms with Crippen LogP contribution in [0.15, 0.2) is 47.5 Å². The van der Waals surface area contributed by atoms with Crippen molar-refractivity contribution < 1.29 is 8.42 Å². The van der Waals surface area contributed by atoms with Crippen molar-refractivity contribution >= 4 is 15.7 Å². The highest BCUT2D eigenvalue weighted by molar-refractivity contribution is 7.89. The van der Waals surface area contributed by atoms with E-state index in [4.69, 9.17) is 5.84 Å². The minimum Gasteiger partial charge on any atom is -0.323 e. The summed E-state index contributed by atoms with van der Waals surface area (Å²) < 4.78 is 27.3. The molecule has 21 heavy (non-hydrogen) atoms. The zero-order valence-corrected chi connectivity index (χ0v) is 12.5. The van der Waals surface area contributed by atoms with Crippen LogP contribution in [0.2, 0.25) is 0 Å². The molecule has 7 heteroatoms. The van der Waals surface area contributed by atoms with Gasteiger partial charge in [0.2, 0.25) is 10.0 Å². The number of nitrogens with one attached hydrogen (secondary N) is 2. The van der Waals surface area contributed by atoms with Crippen molar-refractivity contribution in [3.63, 3.8) is 0 Å². The number of sulfonamides is 1. The minimum absolute atomic E-state index is 0.112. The highest BCUT2D eigenvalue weighted by atomic mass is 32.2. The van der Waals surface area contributed by atoms with Gasteiger partial charge in [-0.05, 0) is 30.2 Å². The van der Waals surface area contributed by atoms with Gasteiger partial charge in [0.05, 0.1) is 17.9 Å². The second kappa shape index (κ2) is 6.66. The van der Waals surface area contributed by atoms with Crippen LogP contribution in [0.25, 0.3) is 0 Å². The molecule has 0 saturated carbocycles. The van der Waals surface area contributed by atoms with Crippen LogP contribution >= 0.6 is 0 Å². The summed E-state index contributed by atoms with van der Waals surface area (Å²) in [6.07, 6.45) is 2.45. The number of anilines is 1. The molecule has 0 aliphatic heterocycles. The van der Waals surface area contributed by atoms with Gasteiger partial charge in [-0.3, -0.25) is 10.8 Å². The molecule has 6 nitrogen and oxygen atoms in total. The molecule has 0 radical (unpaired) electrons. The molecule has 4 N–H and O–H groups in total. The fourth-order valence-corrected chi connectivity index (χ4v) is 3.17. The van der Waals surface area contributed by atoms with Crippen LogP contribution in [0, 0.1) is 0 Å². The van der Waals surface area contributed by atoms with Crippen molar-refractivity contribution in [1.82, 2.24) is 9.71 Å². The summed E-state index contributed by atoms with van der Waals surface area (Å²) in [6.45, 7) is 2.15. The first-order valence-corrected chi connectivity index (χ1v) is 8.05. The number of aromatic nitrogens is 1. The summed E-state index contributed by atoms with van der Waals surface area (Å²) in [4.78, 5) is 4.33. The summed E-state index contributed by atoms with van der Waals surface area (Å²) in [5, 5.41) is 0. The van der Waals surface area contributed by atoms with Crippen LogP contribution in [0.3, 0.4) is 0 Å². The van der Waals surface area contributed by atoms with Crippen LogP contribution in [0.5, 0.6) is 0 Å². The minimum atomic E-state index is -3.66. The molecule has 0 unspecified atom stereocenters. The Hall–Kier alpha value is -1.96. The van der Waals surface area contributed by atoms with E-state index < -0.39 is 10.0 Å². The lowest BCUT2D eigenvalue weighted by Crippen LogP contribution is -2.26. The van der Waals surface area contributed by atoms with Crippen molar-refractivity contribution in [1.29, 1.82) is 0 Å². The van der Waals surface area contributed by atoms with Gasteiger partial charge in [-0.2, -0.15) is 0 Å². The monoisotopic (exact) mass is 306 g/mol. The van der Waals surface area contributed by atoms with Crippen LogP contribution in [0.1, 0.15) is 18.2 Å². The topological polar surface area (TPSA) is 97.1 Å². The number of rotatable bonds is 6. The number of nitrogen functional groups attached to an aromatic ring is 1. The fraction of sp³-hybridized carbons (Fsp3) is 0.214. The third-order valence-electron chi connectivity index (χ3n) is 3.13. The Morgan fingerprint density at radius 3 is 2.67 bits per heavy atom. The maximum absolute atomic E-state index is 12.4. The van der Waals surface area contributed by atoms with Crippen LogP contribution < -0.4 is 16.0 Å². The smallest absolute Gasteiger partial charge is 0.243 e. The number of hydrogen-bond acceptors (Lipinski definition) is 5. The molecule has 1 aromatic carbocycles. The number of nitrogens with two attached hydrogens (primary N) is 1. The van der Waals surface area contributed by atoms with Gasteiger partial charge in [0, 0.05) is 6.20 Å². The lowest BCUT2D eigenvalue weighted by atomic mass is 10.1. The predicted molar refractivity (Wildman–Crippen MR) is 81.9 cm³/mol. The maximum atomic E-state index is 12.4. The highest BCUT2D eigenvalue weighted by Gasteiger charge is 2.18. The number of benzene rings is 1. The zero-order valence-electron chi connectivity index (χ0n) is 11.7. The van der Waals surface area contributed by atoms with Crippen molar-refractivity contribution in [2.24, 2.45) is 5.84 Å². The Balaban J connectivity index is 2.22. The van der Waals surface area contributed by atoms with E-state index in [1.54, 1.807) is 24.4 Å². The predicted octanol–water partition coefficient (Wildman–Crippen LogP) is 1.41. The highest BCUT2D eigenvalue weighted by Crippen LogP contribution is 2.19. The summed E-state index contributed by atoms with van der Waals surface area (Å²) in [5.41, 5.74) is 4.48. The van der Waals surface area contributed by atoms with Gasteiger partial charge in [-0.15, -0.1) is 0 Å². The summed E-state index contributed by atoms with van der Waals surface area (Å²) >= 11 is 0. The first-order chi connectivity index (χ1) is 10.1. The average molecular weight is 306 g/mol. The van der Waals surface area contributed by atoms with Gasteiger partial charge in [-0.1, -0.05) is 25.1 Å². The van der Waals surface area contributed by atoms with Gasteiger partial charge < -0.3 is 5.43 Å². The lowest BCUT2D eigenvalue weighted by molar-refractivity contribution is 0.580. The number of aryl methyl sites for hydroxylation is 1. The normalized spacial score (nSPS) is 11.3. The Morgan fingerprint density at radius 2 is 1.95 bits per heavy atom. The van der Waals surface area contributed by atoms with E-state index in [-0.39, 0.29) is 11.4 Å². The van der Waals surface area contributed by atoms with Crippen molar-refractivity contribution in [2.45, 2.75) is 24.8 Å². The van der Waals surface area contributed by atoms with Gasteiger partial charge in [0.1, 0.15) is 4.90 Å². The number of pyridine rings is 1. The number of hydrogen-bond donors (Lipinski definition) is 3. The summed E-state index contributed by atoms with van der Waals surface area (Å²) in [6, 6.07) is 10.2. The van der Waals surface area contributed by atoms with Crippen molar-refractivity contribution in [3.8, 4) is 0 Å². The van der Waals surface area contributed by atoms with E-state index in [9.17, 15) is 8.42 Å². The van der Waals surface area contributed by atoms with E-state index in [1.807, 2.05) is 19.1 Å². The molecule has 0 aliphatic carbocycles. The van der Waals surface area contributed by atoms with Crippen molar-refractivity contribution in [2.75, 3.05) is 5.43 Å². The lowest BCUT2D eigenvalue weighted by Gasteiger charge is -2.12. The molecule has 0 saturated heterocycles. The standard InChI is InChI=1S/C14H18N4O2S/c1-2-11-6-5-9-16-13(11)10-17-21(19,20)14-8-4-3-7-12(14)18-15/h3-9,17-18H,2,10,15H2,1H3. The SMILES string of the molecule is CCc1cccnc1CNS(=O)(=O)c1ccccc1NN. The molecule has 0 atom stereocenters. The van der Waals surface area contributed by atoms with Gasteiger partial charge in [0.25, 0.3) is 0 Å². The molecule has 0 aliphatic rings. The van der Waals surface area contributed by atoms with E-state index in [2.05, 4.69) is 15.1 Å². The van der Waals surface area contributed by atoms with Crippen LogP contribution in [0.4, 0.5) is 5.69 Å². The summed E-state index contributed by atoms with van der Waals surface area (Å²) in [5.74, 6) is 5.35. The second-order valence-electron chi connectivity index (χ2n) is 4.43. The molecule has 112 valence electrons. The quantitative estimate of drug-likeness (QED) is 0.554. The molecule has 2 aromatic rings. The van der Waals surface area contributed by atoms with Crippen LogP contribution in [-0.4, -0.2) is 13.4 Å². The van der Waals surface area contributed by atoms with Gasteiger partial charge in [-0.25, -0.2) is 13.1 Å². The molecular weight excluding hydrogens is 288 g/mol. The molecule has 2 rings (SSSR count). The Bertz CT molecular complexity index is 716. The number of nitrogens with zero attached hydrogens (tertiary/aromatic N) is 1. The molecular formula is C14H18N4O2S. The summed E-state index contributed by atoms with van der Waals surface area (Å²) in [7, 11) is -3.66. The van der Waals surface area contributed by atoms with E-state index in [1.165, 1.54) is 6.07 Å². The molecule has 1 heterocycles. The van der Waals surface area contributed by atoms with Crippen molar-refractivity contribution in [3.05, 3.63) is 53.9 Å². The second-order valence-corrected chi connectivity index (χ2v) is 6.16. The van der Waals surface area contributed by atoms with Crippen LogP contribution in [-0.2, 0) is 23.0 Å². The third kappa shape index (κ3) is 3.57. The fourth-order valence-electron chi connectivity index (χ4n) is 2.01.